The van der Waals surface area contributed by atoms with Gasteiger partial charge in [0, 0.05) is 25.6 Å². The lowest BCUT2D eigenvalue weighted by atomic mass is 9.78. The molecule has 0 aromatic carbocycles. The molecular weight excluding hydrogens is 304 g/mol. The molecule has 2 saturated heterocycles. The standard InChI is InChI=1S/C16H30N2O3.ClH/c1-11-13(17-7-9-20-11)15(19)18-10-12-6-5-8-21-14(12)16(2,3)4;/h11-14,17H,5-10H2,1-4H3,(H,18,19);1H/t11-,12?,13+,14?;/m1./s1. The summed E-state index contributed by atoms with van der Waals surface area (Å²) in [6.45, 7) is 11.5. The number of halogens is 1. The van der Waals surface area contributed by atoms with Crippen molar-refractivity contribution in [1.29, 1.82) is 0 Å². The van der Waals surface area contributed by atoms with E-state index in [9.17, 15) is 4.79 Å². The van der Waals surface area contributed by atoms with Crippen LogP contribution >= 0.6 is 12.4 Å². The Morgan fingerprint density at radius 1 is 1.27 bits per heavy atom. The summed E-state index contributed by atoms with van der Waals surface area (Å²) in [6, 6.07) is -0.239. The lowest BCUT2D eigenvalue weighted by molar-refractivity contribution is -0.130. The van der Waals surface area contributed by atoms with E-state index in [4.69, 9.17) is 9.47 Å². The molecule has 0 radical (unpaired) electrons. The Morgan fingerprint density at radius 3 is 2.64 bits per heavy atom. The van der Waals surface area contributed by atoms with Crippen LogP contribution < -0.4 is 10.6 Å². The van der Waals surface area contributed by atoms with Gasteiger partial charge in [-0.1, -0.05) is 20.8 Å². The van der Waals surface area contributed by atoms with Gasteiger partial charge in [-0.2, -0.15) is 0 Å². The van der Waals surface area contributed by atoms with Gasteiger partial charge in [0.05, 0.1) is 18.8 Å². The maximum absolute atomic E-state index is 12.3. The maximum Gasteiger partial charge on any atom is 0.239 e. The number of carbonyl (C=O) groups is 1. The first-order valence-electron chi connectivity index (χ1n) is 8.14. The van der Waals surface area contributed by atoms with E-state index in [0.717, 1.165) is 26.0 Å². The van der Waals surface area contributed by atoms with Gasteiger partial charge in [0.1, 0.15) is 6.04 Å². The van der Waals surface area contributed by atoms with Crippen LogP contribution in [0.3, 0.4) is 0 Å². The topological polar surface area (TPSA) is 59.6 Å². The molecule has 2 rings (SSSR count). The first-order valence-corrected chi connectivity index (χ1v) is 8.14. The van der Waals surface area contributed by atoms with Gasteiger partial charge in [-0.15, -0.1) is 12.4 Å². The minimum Gasteiger partial charge on any atom is -0.377 e. The van der Waals surface area contributed by atoms with Gasteiger partial charge in [-0.05, 0) is 25.2 Å². The second-order valence-corrected chi connectivity index (χ2v) is 7.31. The van der Waals surface area contributed by atoms with E-state index in [-0.39, 0.29) is 42.0 Å². The fourth-order valence-corrected chi connectivity index (χ4v) is 3.38. The highest BCUT2D eigenvalue weighted by atomic mass is 35.5. The number of hydrogen-bond donors (Lipinski definition) is 2. The van der Waals surface area contributed by atoms with Crippen LogP contribution in [0.5, 0.6) is 0 Å². The molecule has 4 atom stereocenters. The Kier molecular flexibility index (Phi) is 7.59. The zero-order valence-corrected chi connectivity index (χ0v) is 15.0. The summed E-state index contributed by atoms with van der Waals surface area (Å²) in [6.07, 6.45) is 2.33. The number of rotatable bonds is 3. The Bertz CT molecular complexity index is 360. The van der Waals surface area contributed by atoms with Crippen molar-refractivity contribution in [2.75, 3.05) is 26.3 Å². The molecule has 130 valence electrons. The molecule has 0 aliphatic carbocycles. The number of carbonyl (C=O) groups excluding carboxylic acids is 1. The molecular formula is C16H31ClN2O3. The smallest absolute Gasteiger partial charge is 0.239 e. The second kappa shape index (κ2) is 8.48. The fourth-order valence-electron chi connectivity index (χ4n) is 3.38. The molecule has 1 amide bonds. The van der Waals surface area contributed by atoms with Crippen LogP contribution in [0, 0.1) is 11.3 Å². The second-order valence-electron chi connectivity index (χ2n) is 7.31. The number of amides is 1. The SMILES string of the molecule is C[C@H]1OCCN[C@@H]1C(=O)NCC1CCCOC1C(C)(C)C.Cl. The molecule has 0 bridgehead atoms. The molecule has 6 heteroatoms. The summed E-state index contributed by atoms with van der Waals surface area (Å²) in [4.78, 5) is 12.3. The third-order valence-corrected chi connectivity index (χ3v) is 4.44. The van der Waals surface area contributed by atoms with Crippen LogP contribution in [0.4, 0.5) is 0 Å². The number of hydrogen-bond acceptors (Lipinski definition) is 4. The largest absolute Gasteiger partial charge is 0.377 e. The van der Waals surface area contributed by atoms with Crippen molar-refractivity contribution in [3.8, 4) is 0 Å². The molecule has 22 heavy (non-hydrogen) atoms. The van der Waals surface area contributed by atoms with E-state index >= 15 is 0 Å². The third-order valence-electron chi connectivity index (χ3n) is 4.44. The number of morpholine rings is 1. The number of ether oxygens (including phenoxy) is 2. The third kappa shape index (κ3) is 5.08. The van der Waals surface area contributed by atoms with Gasteiger partial charge in [0.15, 0.2) is 0 Å². The van der Waals surface area contributed by atoms with Gasteiger partial charge in [-0.3, -0.25) is 4.79 Å². The predicted octanol–water partition coefficient (Wildman–Crippen LogP) is 1.74. The van der Waals surface area contributed by atoms with Gasteiger partial charge >= 0.3 is 0 Å². The lowest BCUT2D eigenvalue weighted by Gasteiger charge is -2.40. The summed E-state index contributed by atoms with van der Waals surface area (Å²) in [5.74, 6) is 0.433. The van der Waals surface area contributed by atoms with Crippen molar-refractivity contribution in [3.05, 3.63) is 0 Å². The van der Waals surface area contributed by atoms with Crippen LogP contribution in [-0.4, -0.2) is 50.5 Å². The zero-order valence-electron chi connectivity index (χ0n) is 14.2. The molecule has 2 N–H and O–H groups in total. The van der Waals surface area contributed by atoms with E-state index in [1.165, 1.54) is 0 Å². The predicted molar refractivity (Wildman–Crippen MR) is 89.4 cm³/mol. The molecule has 2 heterocycles. The number of nitrogens with one attached hydrogen (secondary N) is 2. The summed E-state index contributed by atoms with van der Waals surface area (Å²) in [5.41, 5.74) is 0.106. The van der Waals surface area contributed by atoms with Crippen LogP contribution in [0.15, 0.2) is 0 Å². The molecule has 2 aliphatic rings. The van der Waals surface area contributed by atoms with Gasteiger partial charge in [-0.25, -0.2) is 0 Å². The van der Waals surface area contributed by atoms with Gasteiger partial charge in [0.2, 0.25) is 5.91 Å². The highest BCUT2D eigenvalue weighted by Gasteiger charge is 2.36. The zero-order chi connectivity index (χ0) is 15.5. The summed E-state index contributed by atoms with van der Waals surface area (Å²) < 4.78 is 11.5. The van der Waals surface area contributed by atoms with Crippen molar-refractivity contribution < 1.29 is 14.3 Å². The van der Waals surface area contributed by atoms with Crippen LogP contribution in [0.1, 0.15) is 40.5 Å². The van der Waals surface area contributed by atoms with E-state index < -0.39 is 0 Å². The molecule has 0 spiro atoms. The van der Waals surface area contributed by atoms with E-state index in [1.54, 1.807) is 0 Å². The minimum atomic E-state index is -0.239. The summed E-state index contributed by atoms with van der Waals surface area (Å²) >= 11 is 0. The van der Waals surface area contributed by atoms with Crippen molar-refractivity contribution in [2.24, 2.45) is 11.3 Å². The van der Waals surface area contributed by atoms with Crippen LogP contribution in [0.25, 0.3) is 0 Å². The fraction of sp³-hybridized carbons (Fsp3) is 0.938. The monoisotopic (exact) mass is 334 g/mol. The molecule has 0 aromatic rings. The van der Waals surface area contributed by atoms with Gasteiger partial charge < -0.3 is 20.1 Å². The maximum atomic E-state index is 12.3. The Morgan fingerprint density at radius 2 is 2.00 bits per heavy atom. The van der Waals surface area contributed by atoms with Crippen molar-refractivity contribution in [1.82, 2.24) is 10.6 Å². The molecule has 2 aliphatic heterocycles. The van der Waals surface area contributed by atoms with Crippen molar-refractivity contribution >= 4 is 18.3 Å². The van der Waals surface area contributed by atoms with Crippen LogP contribution in [-0.2, 0) is 14.3 Å². The molecule has 2 unspecified atom stereocenters. The van der Waals surface area contributed by atoms with E-state index in [1.807, 2.05) is 6.92 Å². The molecule has 0 aromatic heterocycles. The Hall–Kier alpha value is -0.360. The van der Waals surface area contributed by atoms with E-state index in [2.05, 4.69) is 31.4 Å². The first-order chi connectivity index (χ1) is 9.89. The Balaban J connectivity index is 0.00000242. The van der Waals surface area contributed by atoms with Crippen molar-refractivity contribution in [2.45, 2.75) is 58.8 Å². The molecule has 0 saturated carbocycles. The average Bonchev–Trinajstić information content (AvgIpc) is 2.44. The molecule has 5 nitrogen and oxygen atoms in total. The highest BCUT2D eigenvalue weighted by Crippen LogP contribution is 2.33. The summed E-state index contributed by atoms with van der Waals surface area (Å²) in [5, 5.41) is 6.32. The van der Waals surface area contributed by atoms with Crippen molar-refractivity contribution in [3.63, 3.8) is 0 Å². The normalized spacial score (nSPS) is 32.9. The molecule has 2 fully saturated rings. The quantitative estimate of drug-likeness (QED) is 0.825. The van der Waals surface area contributed by atoms with Crippen LogP contribution in [0.2, 0.25) is 0 Å². The summed E-state index contributed by atoms with van der Waals surface area (Å²) in [7, 11) is 0. The van der Waals surface area contributed by atoms with Gasteiger partial charge in [0.25, 0.3) is 0 Å². The lowest BCUT2D eigenvalue weighted by Crippen LogP contribution is -2.56. The first kappa shape index (κ1) is 19.7. The minimum absolute atomic E-state index is 0. The highest BCUT2D eigenvalue weighted by molar-refractivity contribution is 5.85. The average molecular weight is 335 g/mol. The van der Waals surface area contributed by atoms with E-state index in [0.29, 0.717) is 19.1 Å². The Labute approximate surface area is 140 Å².